The highest BCUT2D eigenvalue weighted by atomic mass is 32.1. The number of anilines is 1. The molecule has 1 aromatic heterocycles. The molecule has 8 heteroatoms. The average Bonchev–Trinajstić information content (AvgIpc) is 2.95. The summed E-state index contributed by atoms with van der Waals surface area (Å²) in [5, 5.41) is 6.44. The normalized spacial score (nSPS) is 20.1. The van der Waals surface area contributed by atoms with Gasteiger partial charge in [0, 0.05) is 19.6 Å². The van der Waals surface area contributed by atoms with Gasteiger partial charge in [0.2, 0.25) is 10.1 Å². The van der Waals surface area contributed by atoms with Crippen LogP contribution in [0.25, 0.3) is 0 Å². The van der Waals surface area contributed by atoms with E-state index >= 15 is 0 Å². The maximum atomic E-state index is 12.5. The molecule has 4 nitrogen and oxygen atoms in total. The average molecular weight is 308 g/mol. The van der Waals surface area contributed by atoms with Crippen LogP contribution in [0, 0.1) is 5.92 Å². The fraction of sp³-hybridized carbons (Fsp3) is 0.833. The highest BCUT2D eigenvalue weighted by molar-refractivity contribution is 7.15. The number of alkyl halides is 3. The summed E-state index contributed by atoms with van der Waals surface area (Å²) in [6.45, 7) is 5.69. The third kappa shape index (κ3) is 3.82. The van der Waals surface area contributed by atoms with E-state index in [0.29, 0.717) is 22.4 Å². The second-order valence-corrected chi connectivity index (χ2v) is 6.21. The molecule has 0 radical (unpaired) electrons. The van der Waals surface area contributed by atoms with Crippen molar-refractivity contribution in [2.24, 2.45) is 5.92 Å². The highest BCUT2D eigenvalue weighted by Gasteiger charge is 2.37. The molecule has 0 saturated carbocycles. The molecule has 20 heavy (non-hydrogen) atoms. The second kappa shape index (κ2) is 6.26. The van der Waals surface area contributed by atoms with Crippen molar-refractivity contribution in [3.8, 4) is 0 Å². The molecule has 1 aliphatic heterocycles. The maximum absolute atomic E-state index is 12.5. The van der Waals surface area contributed by atoms with Gasteiger partial charge < -0.3 is 9.80 Å². The summed E-state index contributed by atoms with van der Waals surface area (Å²) >= 11 is 0.633. The summed E-state index contributed by atoms with van der Waals surface area (Å²) < 4.78 is 37.5. The smallest absolute Gasteiger partial charge is 0.346 e. The van der Waals surface area contributed by atoms with Crippen molar-refractivity contribution < 1.29 is 13.2 Å². The standard InChI is InChI=1S/C12H19F3N4S/c1-3-5-18(2)7-9-4-6-19(8-9)11-17-16-10(20-11)12(13,14)15/h9H,3-8H2,1-2H3. The first kappa shape index (κ1) is 15.5. The molecule has 0 aromatic carbocycles. The van der Waals surface area contributed by atoms with Crippen LogP contribution in [0.3, 0.4) is 0 Å². The lowest BCUT2D eigenvalue weighted by Gasteiger charge is -2.20. The molecule has 1 aromatic rings. The van der Waals surface area contributed by atoms with Crippen molar-refractivity contribution in [3.05, 3.63) is 5.01 Å². The summed E-state index contributed by atoms with van der Waals surface area (Å²) in [6.07, 6.45) is -2.29. The van der Waals surface area contributed by atoms with Gasteiger partial charge in [-0.25, -0.2) is 0 Å². The van der Waals surface area contributed by atoms with Gasteiger partial charge in [-0.1, -0.05) is 18.3 Å². The zero-order valence-corrected chi connectivity index (χ0v) is 12.5. The minimum atomic E-state index is -4.39. The SMILES string of the molecule is CCCN(C)CC1CCN(c2nnc(C(F)(F)F)s2)C1. The Balaban J connectivity index is 1.91. The monoisotopic (exact) mass is 308 g/mol. The molecule has 2 rings (SSSR count). The molecule has 1 aliphatic rings. The molecule has 0 aliphatic carbocycles. The number of hydrogen-bond acceptors (Lipinski definition) is 5. The van der Waals surface area contributed by atoms with E-state index in [4.69, 9.17) is 0 Å². The van der Waals surface area contributed by atoms with Crippen molar-refractivity contribution in [1.29, 1.82) is 0 Å². The van der Waals surface area contributed by atoms with Crippen LogP contribution in [-0.2, 0) is 6.18 Å². The summed E-state index contributed by atoms with van der Waals surface area (Å²) in [5.41, 5.74) is 0. The molecular formula is C12H19F3N4S. The van der Waals surface area contributed by atoms with E-state index in [1.807, 2.05) is 4.90 Å². The fourth-order valence-electron chi connectivity index (χ4n) is 2.53. The van der Waals surface area contributed by atoms with E-state index in [-0.39, 0.29) is 0 Å². The Labute approximate surface area is 120 Å². The summed E-state index contributed by atoms with van der Waals surface area (Å²) in [7, 11) is 2.08. The van der Waals surface area contributed by atoms with Gasteiger partial charge in [0.25, 0.3) is 0 Å². The summed E-state index contributed by atoms with van der Waals surface area (Å²) in [6, 6.07) is 0. The number of nitrogens with zero attached hydrogens (tertiary/aromatic N) is 4. The summed E-state index contributed by atoms with van der Waals surface area (Å²) in [5.74, 6) is 0.491. The highest BCUT2D eigenvalue weighted by Crippen LogP contribution is 2.35. The number of rotatable bonds is 5. The maximum Gasteiger partial charge on any atom is 0.445 e. The van der Waals surface area contributed by atoms with E-state index in [0.717, 1.165) is 39.0 Å². The quantitative estimate of drug-likeness (QED) is 0.837. The molecule has 0 N–H and O–H groups in total. The lowest BCUT2D eigenvalue weighted by molar-refractivity contribution is -0.138. The van der Waals surface area contributed by atoms with Crippen LogP contribution in [0.15, 0.2) is 0 Å². The zero-order chi connectivity index (χ0) is 14.8. The van der Waals surface area contributed by atoms with E-state index in [1.54, 1.807) is 0 Å². The Kier molecular flexibility index (Phi) is 4.85. The van der Waals surface area contributed by atoms with Gasteiger partial charge >= 0.3 is 6.18 Å². The Bertz CT molecular complexity index is 435. The van der Waals surface area contributed by atoms with Crippen LogP contribution in [0.5, 0.6) is 0 Å². The first-order chi connectivity index (χ1) is 9.40. The second-order valence-electron chi connectivity index (χ2n) is 5.25. The van der Waals surface area contributed by atoms with Crippen LogP contribution >= 0.6 is 11.3 Å². The topological polar surface area (TPSA) is 32.3 Å². The predicted octanol–water partition coefficient (Wildman–Crippen LogP) is 2.73. The van der Waals surface area contributed by atoms with E-state index in [1.165, 1.54) is 0 Å². The molecule has 1 saturated heterocycles. The van der Waals surface area contributed by atoms with Crippen molar-refractivity contribution in [1.82, 2.24) is 15.1 Å². The molecule has 0 spiro atoms. The first-order valence-electron chi connectivity index (χ1n) is 6.74. The molecule has 0 amide bonds. The number of aromatic nitrogens is 2. The van der Waals surface area contributed by atoms with Crippen LogP contribution in [-0.4, -0.2) is 48.3 Å². The fourth-order valence-corrected chi connectivity index (χ4v) is 3.27. The largest absolute Gasteiger partial charge is 0.445 e. The minimum absolute atomic E-state index is 0.387. The molecule has 0 bridgehead atoms. The molecule has 1 atom stereocenters. The van der Waals surface area contributed by atoms with Crippen LogP contribution < -0.4 is 4.90 Å². The molecule has 114 valence electrons. The van der Waals surface area contributed by atoms with Crippen molar-refractivity contribution >= 4 is 16.5 Å². The van der Waals surface area contributed by atoms with Crippen molar-refractivity contribution in [2.75, 3.05) is 38.1 Å². The van der Waals surface area contributed by atoms with Gasteiger partial charge in [0.1, 0.15) is 0 Å². The summed E-state index contributed by atoms with van der Waals surface area (Å²) in [4.78, 5) is 4.19. The van der Waals surface area contributed by atoms with E-state index in [2.05, 4.69) is 29.1 Å². The van der Waals surface area contributed by atoms with E-state index in [9.17, 15) is 13.2 Å². The van der Waals surface area contributed by atoms with Crippen molar-refractivity contribution in [2.45, 2.75) is 25.9 Å². The Hall–Kier alpha value is -0.890. The molecule has 2 heterocycles. The lowest BCUT2D eigenvalue weighted by Crippen LogP contribution is -2.28. The third-order valence-electron chi connectivity index (χ3n) is 3.39. The van der Waals surface area contributed by atoms with Crippen LogP contribution in [0.2, 0.25) is 0 Å². The number of hydrogen-bond donors (Lipinski definition) is 0. The van der Waals surface area contributed by atoms with E-state index < -0.39 is 11.2 Å². The minimum Gasteiger partial charge on any atom is -0.346 e. The lowest BCUT2D eigenvalue weighted by atomic mass is 10.1. The molecule has 1 unspecified atom stereocenters. The van der Waals surface area contributed by atoms with Crippen molar-refractivity contribution in [3.63, 3.8) is 0 Å². The Morgan fingerprint density at radius 1 is 1.40 bits per heavy atom. The molecule has 1 fully saturated rings. The Morgan fingerprint density at radius 3 is 2.75 bits per heavy atom. The van der Waals surface area contributed by atoms with Gasteiger partial charge in [-0.15, -0.1) is 10.2 Å². The van der Waals surface area contributed by atoms with Crippen LogP contribution in [0.1, 0.15) is 24.8 Å². The van der Waals surface area contributed by atoms with Gasteiger partial charge in [0.05, 0.1) is 0 Å². The number of halogens is 3. The van der Waals surface area contributed by atoms with Crippen LogP contribution in [0.4, 0.5) is 18.3 Å². The Morgan fingerprint density at radius 2 is 2.15 bits per heavy atom. The first-order valence-corrected chi connectivity index (χ1v) is 7.56. The molecular weight excluding hydrogens is 289 g/mol. The van der Waals surface area contributed by atoms with Gasteiger partial charge in [-0.2, -0.15) is 13.2 Å². The van der Waals surface area contributed by atoms with Gasteiger partial charge in [0.15, 0.2) is 0 Å². The van der Waals surface area contributed by atoms with Gasteiger partial charge in [-0.3, -0.25) is 0 Å². The predicted molar refractivity (Wildman–Crippen MR) is 73.0 cm³/mol. The van der Waals surface area contributed by atoms with Gasteiger partial charge in [-0.05, 0) is 32.4 Å². The third-order valence-corrected chi connectivity index (χ3v) is 4.42. The zero-order valence-electron chi connectivity index (χ0n) is 11.7.